The Morgan fingerprint density at radius 2 is 1.75 bits per heavy atom. The fraction of sp³-hybridized carbons (Fsp3) is 0.190. The number of anilines is 1. The Morgan fingerprint density at radius 1 is 1.00 bits per heavy atom. The lowest BCUT2D eigenvalue weighted by atomic mass is 10.2. The Morgan fingerprint density at radius 3 is 2.43 bits per heavy atom. The molecule has 0 N–H and O–H groups in total. The molecule has 7 heteroatoms. The molecular weight excluding hydrogens is 374 g/mol. The monoisotopic (exact) mass is 393 g/mol. The fourth-order valence-electron chi connectivity index (χ4n) is 3.04. The zero-order chi connectivity index (χ0) is 19.5. The molecule has 0 saturated heterocycles. The third-order valence-electron chi connectivity index (χ3n) is 4.46. The summed E-state index contributed by atoms with van der Waals surface area (Å²) in [6.45, 7) is 5.89. The zero-order valence-electron chi connectivity index (χ0n) is 15.7. The fourth-order valence-corrected chi connectivity index (χ4v) is 3.16. The lowest BCUT2D eigenvalue weighted by molar-refractivity contribution is 0.483. The van der Waals surface area contributed by atoms with Gasteiger partial charge in [0.2, 0.25) is 0 Å². The van der Waals surface area contributed by atoms with Crippen LogP contribution in [-0.2, 0) is 0 Å². The van der Waals surface area contributed by atoms with E-state index in [0.717, 1.165) is 41.3 Å². The lowest BCUT2D eigenvalue weighted by Gasteiger charge is -2.22. The van der Waals surface area contributed by atoms with Crippen molar-refractivity contribution in [3.63, 3.8) is 0 Å². The summed E-state index contributed by atoms with van der Waals surface area (Å²) in [4.78, 5) is 11.7. The van der Waals surface area contributed by atoms with Gasteiger partial charge in [-0.2, -0.15) is 10.1 Å². The van der Waals surface area contributed by atoms with E-state index in [1.54, 1.807) is 23.0 Å². The number of rotatable bonds is 6. The van der Waals surface area contributed by atoms with Crippen LogP contribution in [0.3, 0.4) is 0 Å². The second-order valence-electron chi connectivity index (χ2n) is 6.21. The van der Waals surface area contributed by atoms with Gasteiger partial charge in [-0.25, -0.2) is 9.67 Å². The zero-order valence-corrected chi connectivity index (χ0v) is 16.5. The Labute approximate surface area is 168 Å². The van der Waals surface area contributed by atoms with Crippen LogP contribution in [0.15, 0.2) is 60.9 Å². The number of halogens is 1. The van der Waals surface area contributed by atoms with E-state index in [-0.39, 0.29) is 0 Å². The minimum Gasteiger partial charge on any atom is -0.457 e. The molecule has 142 valence electrons. The molecule has 0 unspecified atom stereocenters. The molecule has 0 atom stereocenters. The van der Waals surface area contributed by atoms with Crippen molar-refractivity contribution in [1.29, 1.82) is 0 Å². The average Bonchev–Trinajstić information content (AvgIpc) is 3.25. The Kier molecular flexibility index (Phi) is 5.12. The van der Waals surface area contributed by atoms with Gasteiger partial charge >= 0.3 is 0 Å². The molecule has 0 spiro atoms. The van der Waals surface area contributed by atoms with Crippen molar-refractivity contribution in [3.8, 4) is 17.4 Å². The number of benzene rings is 2. The smallest absolute Gasteiger partial charge is 0.253 e. The molecule has 2 heterocycles. The van der Waals surface area contributed by atoms with Crippen molar-refractivity contribution >= 4 is 28.3 Å². The van der Waals surface area contributed by atoms with Crippen molar-refractivity contribution in [2.24, 2.45) is 0 Å². The van der Waals surface area contributed by atoms with Gasteiger partial charge in [0, 0.05) is 35.9 Å². The molecule has 0 aliphatic heterocycles. The number of fused-ring (bicyclic) bond motifs is 1. The highest BCUT2D eigenvalue weighted by atomic mass is 35.5. The standard InChI is InChI=1S/C21H20ClN5O/c1-3-26(4-2)20-18-14-17(28-16-8-6-15(22)7-9-16)10-11-19(18)24-21(25-20)27-13-5-12-23-27/h5-14H,3-4H2,1-2H3. The molecule has 0 radical (unpaired) electrons. The number of hydrogen-bond donors (Lipinski definition) is 0. The molecule has 2 aromatic carbocycles. The van der Waals surface area contributed by atoms with Crippen molar-refractivity contribution < 1.29 is 4.74 Å². The van der Waals surface area contributed by atoms with Crippen LogP contribution in [0.5, 0.6) is 11.5 Å². The third kappa shape index (κ3) is 3.64. The van der Waals surface area contributed by atoms with E-state index in [2.05, 4.69) is 28.8 Å². The molecule has 4 rings (SSSR count). The molecule has 0 amide bonds. The van der Waals surface area contributed by atoms with Gasteiger partial charge < -0.3 is 9.64 Å². The summed E-state index contributed by atoms with van der Waals surface area (Å²) in [5, 5.41) is 5.87. The first-order valence-corrected chi connectivity index (χ1v) is 9.56. The lowest BCUT2D eigenvalue weighted by Crippen LogP contribution is -2.24. The van der Waals surface area contributed by atoms with Crippen LogP contribution in [0.25, 0.3) is 16.9 Å². The molecule has 0 saturated carbocycles. The highest BCUT2D eigenvalue weighted by Crippen LogP contribution is 2.31. The average molecular weight is 394 g/mol. The molecule has 0 bridgehead atoms. The maximum atomic E-state index is 6.00. The third-order valence-corrected chi connectivity index (χ3v) is 4.71. The van der Waals surface area contributed by atoms with Crippen LogP contribution in [0, 0.1) is 0 Å². The van der Waals surface area contributed by atoms with E-state index in [1.807, 2.05) is 42.6 Å². The molecule has 0 aliphatic rings. The number of aromatic nitrogens is 4. The number of ether oxygens (including phenoxy) is 1. The first-order valence-electron chi connectivity index (χ1n) is 9.18. The molecule has 0 fully saturated rings. The summed E-state index contributed by atoms with van der Waals surface area (Å²) in [5.74, 6) is 2.86. The molecule has 0 aliphatic carbocycles. The van der Waals surface area contributed by atoms with Crippen molar-refractivity contribution in [3.05, 3.63) is 65.9 Å². The predicted molar refractivity (Wildman–Crippen MR) is 112 cm³/mol. The van der Waals surface area contributed by atoms with Gasteiger partial charge in [-0.1, -0.05) is 11.6 Å². The summed E-state index contributed by atoms with van der Waals surface area (Å²) in [6, 6.07) is 15.0. The van der Waals surface area contributed by atoms with E-state index >= 15 is 0 Å². The first-order chi connectivity index (χ1) is 13.7. The second-order valence-corrected chi connectivity index (χ2v) is 6.64. The SMILES string of the molecule is CCN(CC)c1nc(-n2cccn2)nc2ccc(Oc3ccc(Cl)cc3)cc12. The molecule has 6 nitrogen and oxygen atoms in total. The second kappa shape index (κ2) is 7.86. The van der Waals surface area contributed by atoms with Crippen LogP contribution < -0.4 is 9.64 Å². The molecule has 2 aromatic heterocycles. The van der Waals surface area contributed by atoms with E-state index in [1.165, 1.54) is 0 Å². The van der Waals surface area contributed by atoms with Crippen LogP contribution in [-0.4, -0.2) is 32.8 Å². The van der Waals surface area contributed by atoms with E-state index in [0.29, 0.717) is 11.0 Å². The van der Waals surface area contributed by atoms with Crippen LogP contribution in [0.2, 0.25) is 5.02 Å². The van der Waals surface area contributed by atoms with Crippen LogP contribution in [0.1, 0.15) is 13.8 Å². The molecular formula is C21H20ClN5O. The van der Waals surface area contributed by atoms with Gasteiger partial charge in [0.15, 0.2) is 0 Å². The molecule has 28 heavy (non-hydrogen) atoms. The Balaban J connectivity index is 1.81. The van der Waals surface area contributed by atoms with Gasteiger partial charge in [-0.3, -0.25) is 0 Å². The summed E-state index contributed by atoms with van der Waals surface area (Å²) < 4.78 is 7.67. The summed E-state index contributed by atoms with van der Waals surface area (Å²) in [6.07, 6.45) is 3.55. The van der Waals surface area contributed by atoms with Crippen molar-refractivity contribution in [1.82, 2.24) is 19.7 Å². The molecule has 4 aromatic rings. The topological polar surface area (TPSA) is 56.1 Å². The van der Waals surface area contributed by atoms with Gasteiger partial charge in [0.25, 0.3) is 5.95 Å². The van der Waals surface area contributed by atoms with E-state index in [9.17, 15) is 0 Å². The van der Waals surface area contributed by atoms with Crippen LogP contribution >= 0.6 is 11.6 Å². The van der Waals surface area contributed by atoms with Gasteiger partial charge in [-0.15, -0.1) is 0 Å². The van der Waals surface area contributed by atoms with Gasteiger partial charge in [0.1, 0.15) is 17.3 Å². The minimum atomic E-state index is 0.547. The Bertz CT molecular complexity index is 1080. The van der Waals surface area contributed by atoms with Gasteiger partial charge in [0.05, 0.1) is 5.52 Å². The largest absolute Gasteiger partial charge is 0.457 e. The van der Waals surface area contributed by atoms with E-state index in [4.69, 9.17) is 21.3 Å². The van der Waals surface area contributed by atoms with Gasteiger partial charge in [-0.05, 0) is 62.4 Å². The maximum absolute atomic E-state index is 6.00. The number of nitrogens with zero attached hydrogens (tertiary/aromatic N) is 5. The minimum absolute atomic E-state index is 0.547. The van der Waals surface area contributed by atoms with Crippen molar-refractivity contribution in [2.45, 2.75) is 13.8 Å². The first kappa shape index (κ1) is 18.3. The van der Waals surface area contributed by atoms with Crippen molar-refractivity contribution in [2.75, 3.05) is 18.0 Å². The quantitative estimate of drug-likeness (QED) is 0.455. The van der Waals surface area contributed by atoms with Crippen LogP contribution in [0.4, 0.5) is 5.82 Å². The number of hydrogen-bond acceptors (Lipinski definition) is 5. The highest BCUT2D eigenvalue weighted by molar-refractivity contribution is 6.30. The summed E-state index contributed by atoms with van der Waals surface area (Å²) >= 11 is 5.95. The highest BCUT2D eigenvalue weighted by Gasteiger charge is 2.15. The predicted octanol–water partition coefficient (Wildman–Crippen LogP) is 5.11. The summed E-state index contributed by atoms with van der Waals surface area (Å²) in [7, 11) is 0. The summed E-state index contributed by atoms with van der Waals surface area (Å²) in [5.41, 5.74) is 0.839. The van der Waals surface area contributed by atoms with E-state index < -0.39 is 0 Å². The Hall–Kier alpha value is -3.12. The maximum Gasteiger partial charge on any atom is 0.253 e. The normalized spacial score (nSPS) is 11.0.